The number of amides is 10. The Bertz CT molecular complexity index is 2750. The van der Waals surface area contributed by atoms with Crippen molar-refractivity contribution < 1.29 is 77.2 Å². The molecule has 33 heteroatoms. The van der Waals surface area contributed by atoms with Crippen LogP contribution in [0.3, 0.4) is 0 Å². The van der Waals surface area contributed by atoms with Crippen LogP contribution < -0.4 is 59.2 Å². The molecule has 1 aromatic rings. The molecule has 91 heavy (non-hydrogen) atoms. The van der Waals surface area contributed by atoms with Crippen LogP contribution in [0.5, 0.6) is 5.75 Å². The van der Waals surface area contributed by atoms with Crippen LogP contribution >= 0.6 is 35.3 Å². The van der Waals surface area contributed by atoms with Gasteiger partial charge in [0.05, 0.1) is 26.2 Å². The zero-order valence-electron chi connectivity index (χ0n) is 52.2. The summed E-state index contributed by atoms with van der Waals surface area (Å²) >= 11 is 3.87. The van der Waals surface area contributed by atoms with Gasteiger partial charge in [0, 0.05) is 42.6 Å². The number of nitrogens with one attached hydrogen (secondary N) is 7. The van der Waals surface area contributed by atoms with Gasteiger partial charge in [0.15, 0.2) is 5.96 Å². The number of nitrogens with two attached hydrogens (primary N) is 3. The third kappa shape index (κ3) is 24.1. The predicted octanol–water partition coefficient (Wildman–Crippen LogP) is -1.29. The molecule has 4 aliphatic rings. The number of carbonyl (C=O) groups is 11. The van der Waals surface area contributed by atoms with E-state index in [9.17, 15) is 53.1 Å². The monoisotopic (exact) mass is 1330 g/mol. The molecule has 4 aliphatic heterocycles. The van der Waals surface area contributed by atoms with E-state index in [1.165, 1.54) is 52.0 Å². The number of benzene rings is 1. The minimum Gasteiger partial charge on any atom is -0.494 e. The fraction of sp³-hybridized carbons (Fsp3) is 0.672. The Morgan fingerprint density at radius 2 is 1.32 bits per heavy atom. The molecule has 14 N–H and O–H groups in total. The fourth-order valence-electron chi connectivity index (χ4n) is 10.5. The maximum Gasteiger partial charge on any atom is 0.344 e. The maximum atomic E-state index is 15.1. The number of fused-ring (bicyclic) bond motifs is 7. The molecule has 0 unspecified atom stereocenters. The Hall–Kier alpha value is -7.10. The van der Waals surface area contributed by atoms with E-state index in [1.807, 2.05) is 18.2 Å². The van der Waals surface area contributed by atoms with Gasteiger partial charge in [0.2, 0.25) is 53.2 Å². The lowest BCUT2D eigenvalue weighted by molar-refractivity contribution is -0.255. The second-order valence-corrected chi connectivity index (χ2v) is 25.6. The number of aliphatic imine (C=N–C) groups is 1. The first kappa shape index (κ1) is 74.6. The number of hydrogen-bond acceptors (Lipinski definition) is 21. The molecule has 0 aromatic heterocycles. The second-order valence-electron chi connectivity index (χ2n) is 22.6. The fourth-order valence-corrected chi connectivity index (χ4v) is 13.0. The molecule has 0 radical (unpaired) electrons. The molecule has 10 amide bonds. The summed E-state index contributed by atoms with van der Waals surface area (Å²) in [5.41, 5.74) is 18.5. The Morgan fingerprint density at radius 1 is 0.725 bits per heavy atom. The lowest BCUT2D eigenvalue weighted by Crippen LogP contribution is -2.62. The molecular formula is C58H90N14O16S3. The highest BCUT2D eigenvalue weighted by atomic mass is 32.2. The average molecular weight is 1340 g/mol. The van der Waals surface area contributed by atoms with Crippen molar-refractivity contribution in [3.05, 3.63) is 29.3 Å². The number of aliphatic hydroxyl groups is 1. The quantitative estimate of drug-likeness (QED) is 0.0339. The summed E-state index contributed by atoms with van der Waals surface area (Å²) in [4.78, 5) is 177. The number of rotatable bonds is 14. The number of hydrogen-bond donors (Lipinski definition) is 11. The lowest BCUT2D eigenvalue weighted by atomic mass is 9.96. The average Bonchev–Trinajstić information content (AvgIpc) is 1.91. The first-order chi connectivity index (χ1) is 43.5. The Labute approximate surface area is 542 Å². The van der Waals surface area contributed by atoms with Crippen LogP contribution in [0.4, 0.5) is 0 Å². The van der Waals surface area contributed by atoms with Crippen molar-refractivity contribution >= 4 is 113 Å². The molecule has 0 aliphatic carbocycles. The van der Waals surface area contributed by atoms with Gasteiger partial charge < -0.3 is 78.9 Å². The normalized spacial score (nSPS) is 26.6. The summed E-state index contributed by atoms with van der Waals surface area (Å²) in [5, 5.41) is 33.3. The molecule has 30 nitrogen and oxygen atoms in total. The number of thioether (sulfide) groups is 3. The zero-order chi connectivity index (χ0) is 66.6. The van der Waals surface area contributed by atoms with E-state index in [2.05, 4.69) is 52.3 Å². The molecule has 1 aromatic carbocycles. The van der Waals surface area contributed by atoms with Crippen LogP contribution in [-0.4, -0.2) is 216 Å². The van der Waals surface area contributed by atoms with Gasteiger partial charge in [-0.15, -0.1) is 0 Å². The Kier molecular flexibility index (Phi) is 31.7. The van der Waals surface area contributed by atoms with Crippen LogP contribution in [0, 0.1) is 5.92 Å². The highest BCUT2D eigenvalue weighted by molar-refractivity contribution is 7.99. The summed E-state index contributed by atoms with van der Waals surface area (Å²) in [6.45, 7) is 5.45. The standard InChI is InChI=1S/C58H90N14O16S3/c1-6-33(2)47-57(84)72-20-13-16-44(72)54(81)70-48(34(3)73)55(82)67-41(49(59)76)31-90-29-35-24-36-26-37(25-35)86-21-9-7-8-10-22-87-63-28-45(74)64-38(14-11-18-62-58(60)61)50(77)68-42(32-91-30-36)56(83)71-19-12-15-43(71)53(80)65-39(17-23-89-5)51(78)66-40(52(79)69-47)27-46(75)88-85-4/h24-26,28,33-34,38-44,47-48,73H,6-23,27,29-32H2,1-5H3,(H2,59,76)(H,64,74)(H,65,80)(H,66,78)(H,67,82)(H,68,77)(H,69,79)(H,70,81)(H4,60,61,62)/b63-28+/t33-,34+,38-,39-,40-,41-,42-,43-,44-,47-,48-/m0/s1. The van der Waals surface area contributed by atoms with Crippen molar-refractivity contribution in [2.75, 3.05) is 63.5 Å². The molecule has 2 fully saturated rings. The number of primary amides is 1. The minimum absolute atomic E-state index is 0.00104. The van der Waals surface area contributed by atoms with Crippen LogP contribution in [0.2, 0.25) is 0 Å². The van der Waals surface area contributed by atoms with Crippen molar-refractivity contribution in [1.82, 2.24) is 47.0 Å². The molecule has 4 bridgehead atoms. The number of aliphatic hydroxyl groups excluding tert-OH is 1. The van der Waals surface area contributed by atoms with E-state index < -0.39 is 138 Å². The Morgan fingerprint density at radius 3 is 1.95 bits per heavy atom. The number of nitrogens with zero attached hydrogens (tertiary/aromatic N) is 4. The third-order valence-corrected chi connectivity index (χ3v) is 18.4. The summed E-state index contributed by atoms with van der Waals surface area (Å²) in [6, 6.07) is -6.76. The molecule has 506 valence electrons. The molecular weight excluding hydrogens is 1240 g/mol. The number of carbonyl (C=O) groups excluding carboxylic acids is 11. The summed E-state index contributed by atoms with van der Waals surface area (Å²) in [5.74, 6) is -8.84. The van der Waals surface area contributed by atoms with E-state index in [4.69, 9.17) is 31.7 Å². The van der Waals surface area contributed by atoms with Gasteiger partial charge in [-0.05, 0) is 119 Å². The van der Waals surface area contributed by atoms with Crippen LogP contribution in [-0.2, 0) is 78.9 Å². The van der Waals surface area contributed by atoms with Crippen molar-refractivity contribution in [3.8, 4) is 5.75 Å². The van der Waals surface area contributed by atoms with Crippen molar-refractivity contribution in [2.45, 2.75) is 176 Å². The van der Waals surface area contributed by atoms with Crippen LogP contribution in [0.1, 0.15) is 115 Å². The van der Waals surface area contributed by atoms with Crippen molar-refractivity contribution in [3.63, 3.8) is 0 Å². The summed E-state index contributed by atoms with van der Waals surface area (Å²) in [6.07, 6.45) is 4.68. The van der Waals surface area contributed by atoms with Gasteiger partial charge in [-0.25, -0.2) is 4.79 Å². The van der Waals surface area contributed by atoms with E-state index in [0.717, 1.165) is 37.3 Å². The highest BCUT2D eigenvalue weighted by Crippen LogP contribution is 2.28. The van der Waals surface area contributed by atoms with Crippen LogP contribution in [0.15, 0.2) is 28.3 Å². The number of ether oxygens (including phenoxy) is 1. The van der Waals surface area contributed by atoms with Crippen LogP contribution in [0.25, 0.3) is 0 Å². The third-order valence-electron chi connectivity index (χ3n) is 15.6. The van der Waals surface area contributed by atoms with Gasteiger partial charge >= 0.3 is 5.97 Å². The minimum atomic E-state index is -1.74. The van der Waals surface area contributed by atoms with Crippen molar-refractivity contribution in [1.29, 1.82) is 0 Å². The van der Waals surface area contributed by atoms with E-state index >= 15 is 4.79 Å². The first-order valence-electron chi connectivity index (χ1n) is 30.6. The number of oxime groups is 1. The topological polar surface area (TPSA) is 438 Å². The van der Waals surface area contributed by atoms with Gasteiger partial charge in [-0.2, -0.15) is 40.2 Å². The number of guanidine groups is 1. The molecule has 0 spiro atoms. The van der Waals surface area contributed by atoms with Gasteiger partial charge in [0.1, 0.15) is 72.9 Å². The first-order valence-corrected chi connectivity index (χ1v) is 34.3. The second kappa shape index (κ2) is 38.7. The predicted molar refractivity (Wildman–Crippen MR) is 341 cm³/mol. The Balaban J connectivity index is 1.59. The molecule has 2 saturated heterocycles. The van der Waals surface area contributed by atoms with E-state index in [-0.39, 0.29) is 87.3 Å². The summed E-state index contributed by atoms with van der Waals surface area (Å²) < 4.78 is 6.27. The van der Waals surface area contributed by atoms with Gasteiger partial charge in [-0.3, -0.25) is 57.8 Å². The smallest absolute Gasteiger partial charge is 0.344 e. The van der Waals surface area contributed by atoms with Crippen molar-refractivity contribution in [2.24, 2.45) is 33.3 Å². The molecule has 11 atom stereocenters. The lowest BCUT2D eigenvalue weighted by Gasteiger charge is -2.33. The SMILES string of the molecule is CC[C@H](C)[C@@H]1NC(=O)[C@H](CC(=O)OOC)NC(=O)[C@H](CCSC)NC(=O)[C@@H]2CCCN2C(=O)[C@@H]2CSCc3cc(cc(c3)OCCCCCCO/N=C/C(=O)N[C@@H](CCCN=C(N)N)C(=O)N2)CSC[C@@H](C(N)=O)NC(=O)[C@H]([C@@H](C)O)NC(=O)[C@@H]2CCCN2C1=O. The molecule has 4 heterocycles. The maximum absolute atomic E-state index is 15.1. The zero-order valence-corrected chi connectivity index (χ0v) is 54.7. The van der Waals surface area contributed by atoms with Gasteiger partial charge in [-0.1, -0.05) is 31.5 Å². The summed E-state index contributed by atoms with van der Waals surface area (Å²) in [7, 11) is 1.05. The van der Waals surface area contributed by atoms with Gasteiger partial charge in [0.25, 0.3) is 5.91 Å². The molecule has 5 rings (SSSR count). The largest absolute Gasteiger partial charge is 0.494 e. The molecule has 0 saturated carbocycles. The van der Waals surface area contributed by atoms with E-state index in [0.29, 0.717) is 50.2 Å². The highest BCUT2D eigenvalue weighted by Gasteiger charge is 2.44. The van der Waals surface area contributed by atoms with E-state index in [1.54, 1.807) is 20.1 Å².